The number of fused-ring (bicyclic) bond motifs is 1. The van der Waals surface area contributed by atoms with E-state index in [0.29, 0.717) is 0 Å². The van der Waals surface area contributed by atoms with Gasteiger partial charge in [0.05, 0.1) is 4.87 Å². The van der Waals surface area contributed by atoms with Gasteiger partial charge in [-0.05, 0) is 24.6 Å². The molecule has 1 aromatic rings. The highest BCUT2D eigenvalue weighted by Gasteiger charge is 2.31. The number of rotatable bonds is 2. The molecule has 2 rings (SSSR count). The Morgan fingerprint density at radius 1 is 1.43 bits per heavy atom. The molecule has 1 N–H and O–H groups in total. The van der Waals surface area contributed by atoms with Crippen LogP contribution in [0.1, 0.15) is 17.5 Å². The molecule has 1 atom stereocenters. The van der Waals surface area contributed by atoms with E-state index < -0.39 is 0 Å². The molecule has 0 saturated carbocycles. The molecule has 1 aromatic carbocycles. The summed E-state index contributed by atoms with van der Waals surface area (Å²) in [5.41, 5.74) is 2.47. The summed E-state index contributed by atoms with van der Waals surface area (Å²) in [5.74, 6) is 0. The molecular formula is C12H14ClN. The second-order valence-electron chi connectivity index (χ2n) is 3.69. The topological polar surface area (TPSA) is 12.0 Å². The molecule has 0 aliphatic heterocycles. The van der Waals surface area contributed by atoms with E-state index in [0.717, 1.165) is 13.0 Å². The molecule has 74 valence electrons. The van der Waals surface area contributed by atoms with Crippen LogP contribution in [0.25, 0.3) is 6.08 Å². The van der Waals surface area contributed by atoms with Crippen molar-refractivity contribution >= 4 is 17.7 Å². The summed E-state index contributed by atoms with van der Waals surface area (Å²) in [6.45, 7) is 0.801. The lowest BCUT2D eigenvalue weighted by Crippen LogP contribution is -2.32. The average molecular weight is 208 g/mol. The fourth-order valence-electron chi connectivity index (χ4n) is 1.98. The second kappa shape index (κ2) is 3.76. The third-order valence-electron chi connectivity index (χ3n) is 2.64. The van der Waals surface area contributed by atoms with E-state index in [1.807, 2.05) is 19.2 Å². The van der Waals surface area contributed by atoms with E-state index in [1.54, 1.807) is 0 Å². The predicted octanol–water partition coefficient (Wildman–Crippen LogP) is 2.76. The van der Waals surface area contributed by atoms with E-state index in [-0.39, 0.29) is 4.87 Å². The Morgan fingerprint density at radius 3 is 3.00 bits per heavy atom. The Hall–Kier alpha value is -0.790. The van der Waals surface area contributed by atoms with Gasteiger partial charge in [0.15, 0.2) is 0 Å². The zero-order valence-corrected chi connectivity index (χ0v) is 9.01. The van der Waals surface area contributed by atoms with Gasteiger partial charge in [-0.3, -0.25) is 0 Å². The molecule has 1 unspecified atom stereocenters. The van der Waals surface area contributed by atoms with Crippen molar-refractivity contribution in [3.8, 4) is 0 Å². The summed E-state index contributed by atoms with van der Waals surface area (Å²) < 4.78 is 0. The van der Waals surface area contributed by atoms with Gasteiger partial charge in [0, 0.05) is 6.54 Å². The Bertz CT molecular complexity index is 359. The van der Waals surface area contributed by atoms with E-state index in [2.05, 4.69) is 29.6 Å². The molecule has 1 aliphatic rings. The maximum Gasteiger partial charge on any atom is 0.0858 e. The number of allylic oxidation sites excluding steroid dienone is 1. The lowest BCUT2D eigenvalue weighted by molar-refractivity contribution is 0.567. The van der Waals surface area contributed by atoms with E-state index in [4.69, 9.17) is 11.6 Å². The van der Waals surface area contributed by atoms with Gasteiger partial charge in [-0.15, -0.1) is 11.6 Å². The summed E-state index contributed by atoms with van der Waals surface area (Å²) in [6, 6.07) is 8.32. The molecular weight excluding hydrogens is 194 g/mol. The minimum absolute atomic E-state index is 0.264. The van der Waals surface area contributed by atoms with Crippen LogP contribution in [0.5, 0.6) is 0 Å². The Labute approximate surface area is 89.8 Å². The highest BCUT2D eigenvalue weighted by molar-refractivity contribution is 6.24. The van der Waals surface area contributed by atoms with Gasteiger partial charge in [0.25, 0.3) is 0 Å². The van der Waals surface area contributed by atoms with E-state index in [1.165, 1.54) is 11.1 Å². The van der Waals surface area contributed by atoms with Crippen LogP contribution >= 0.6 is 11.6 Å². The Kier molecular flexibility index (Phi) is 2.62. The van der Waals surface area contributed by atoms with Crippen molar-refractivity contribution in [1.29, 1.82) is 0 Å². The molecule has 14 heavy (non-hydrogen) atoms. The maximum absolute atomic E-state index is 6.59. The zero-order chi connectivity index (χ0) is 10.0. The van der Waals surface area contributed by atoms with Crippen molar-refractivity contribution in [2.45, 2.75) is 11.3 Å². The molecule has 1 nitrogen and oxygen atoms in total. The first-order chi connectivity index (χ1) is 6.76. The maximum atomic E-state index is 6.59. The predicted molar refractivity (Wildman–Crippen MR) is 61.6 cm³/mol. The van der Waals surface area contributed by atoms with Crippen molar-refractivity contribution in [3.05, 3.63) is 41.5 Å². The summed E-state index contributed by atoms with van der Waals surface area (Å²) in [6.07, 6.45) is 5.19. The highest BCUT2D eigenvalue weighted by atomic mass is 35.5. The Morgan fingerprint density at radius 2 is 2.21 bits per heavy atom. The van der Waals surface area contributed by atoms with Crippen LogP contribution in [0.2, 0.25) is 0 Å². The number of halogens is 1. The minimum atomic E-state index is -0.264. The highest BCUT2D eigenvalue weighted by Crippen LogP contribution is 2.38. The van der Waals surface area contributed by atoms with Gasteiger partial charge < -0.3 is 5.32 Å². The number of alkyl halides is 1. The monoisotopic (exact) mass is 207 g/mol. The van der Waals surface area contributed by atoms with Crippen LogP contribution in [0, 0.1) is 0 Å². The third-order valence-corrected chi connectivity index (χ3v) is 3.13. The number of nitrogens with one attached hydrogen (secondary N) is 1. The van der Waals surface area contributed by atoms with Crippen molar-refractivity contribution in [2.24, 2.45) is 0 Å². The SMILES string of the molecule is CNCC1(Cl)CC=Cc2ccccc21. The Balaban J connectivity index is 2.44. The molecule has 0 spiro atoms. The quantitative estimate of drug-likeness (QED) is 0.736. The zero-order valence-electron chi connectivity index (χ0n) is 8.26. The molecule has 0 amide bonds. The van der Waals surface area contributed by atoms with E-state index in [9.17, 15) is 0 Å². The standard InChI is InChI=1S/C12H14ClN/c1-14-9-12(13)8-4-6-10-5-2-3-7-11(10)12/h2-7,14H,8-9H2,1H3. The summed E-state index contributed by atoms with van der Waals surface area (Å²) in [7, 11) is 1.94. The van der Waals surface area contributed by atoms with Crippen LogP contribution in [-0.4, -0.2) is 13.6 Å². The van der Waals surface area contributed by atoms with Gasteiger partial charge in [0.2, 0.25) is 0 Å². The number of benzene rings is 1. The van der Waals surface area contributed by atoms with Gasteiger partial charge in [-0.1, -0.05) is 36.4 Å². The fraction of sp³-hybridized carbons (Fsp3) is 0.333. The molecule has 0 saturated heterocycles. The molecule has 0 fully saturated rings. The van der Waals surface area contributed by atoms with Gasteiger partial charge in [0.1, 0.15) is 0 Å². The van der Waals surface area contributed by atoms with Crippen LogP contribution in [0.4, 0.5) is 0 Å². The lowest BCUT2D eigenvalue weighted by Gasteiger charge is -2.30. The molecule has 0 bridgehead atoms. The van der Waals surface area contributed by atoms with Crippen molar-refractivity contribution in [3.63, 3.8) is 0 Å². The van der Waals surface area contributed by atoms with E-state index >= 15 is 0 Å². The fourth-order valence-corrected chi connectivity index (χ4v) is 2.38. The molecule has 0 heterocycles. The van der Waals surface area contributed by atoms with Gasteiger partial charge >= 0.3 is 0 Å². The van der Waals surface area contributed by atoms with Crippen LogP contribution in [0.3, 0.4) is 0 Å². The lowest BCUT2D eigenvalue weighted by atomic mass is 9.86. The summed E-state index contributed by atoms with van der Waals surface area (Å²) in [4.78, 5) is -0.264. The molecule has 2 heteroatoms. The first-order valence-electron chi connectivity index (χ1n) is 4.86. The largest absolute Gasteiger partial charge is 0.318 e. The molecule has 0 radical (unpaired) electrons. The first-order valence-corrected chi connectivity index (χ1v) is 5.24. The molecule has 1 aliphatic carbocycles. The van der Waals surface area contributed by atoms with Crippen LogP contribution in [0.15, 0.2) is 30.3 Å². The second-order valence-corrected chi connectivity index (χ2v) is 4.41. The smallest absolute Gasteiger partial charge is 0.0858 e. The average Bonchev–Trinajstić information content (AvgIpc) is 2.19. The summed E-state index contributed by atoms with van der Waals surface area (Å²) in [5, 5.41) is 3.15. The summed E-state index contributed by atoms with van der Waals surface area (Å²) >= 11 is 6.59. The third kappa shape index (κ3) is 1.58. The van der Waals surface area contributed by atoms with Crippen LogP contribution in [-0.2, 0) is 4.87 Å². The normalized spacial score (nSPS) is 24.7. The number of likely N-dealkylation sites (N-methyl/N-ethyl adjacent to an activating group) is 1. The van der Waals surface area contributed by atoms with Gasteiger partial charge in [-0.2, -0.15) is 0 Å². The van der Waals surface area contributed by atoms with Crippen molar-refractivity contribution < 1.29 is 0 Å². The molecule has 0 aromatic heterocycles. The minimum Gasteiger partial charge on any atom is -0.318 e. The van der Waals surface area contributed by atoms with Crippen molar-refractivity contribution in [1.82, 2.24) is 5.32 Å². The van der Waals surface area contributed by atoms with Crippen LogP contribution < -0.4 is 5.32 Å². The van der Waals surface area contributed by atoms with Crippen molar-refractivity contribution in [2.75, 3.05) is 13.6 Å². The number of hydrogen-bond acceptors (Lipinski definition) is 1. The number of hydrogen-bond donors (Lipinski definition) is 1. The van der Waals surface area contributed by atoms with Gasteiger partial charge in [-0.25, -0.2) is 0 Å². The first kappa shape index (κ1) is 9.75.